The Morgan fingerprint density at radius 3 is 2.76 bits per heavy atom. The molecule has 2 aromatic heterocycles. The molecule has 0 spiro atoms. The molecule has 92 valence electrons. The SMILES string of the molecule is CCc1nsc(NC(C)c2ncc(CC)s2)n1. The highest BCUT2D eigenvalue weighted by Crippen LogP contribution is 2.24. The molecule has 6 heteroatoms. The third kappa shape index (κ3) is 3.01. The molecule has 0 saturated carbocycles. The van der Waals surface area contributed by atoms with E-state index in [1.54, 1.807) is 11.3 Å². The molecule has 2 heterocycles. The highest BCUT2D eigenvalue weighted by atomic mass is 32.1. The predicted molar refractivity (Wildman–Crippen MR) is 72.8 cm³/mol. The molecule has 17 heavy (non-hydrogen) atoms. The van der Waals surface area contributed by atoms with E-state index in [4.69, 9.17) is 0 Å². The van der Waals surface area contributed by atoms with Crippen molar-refractivity contribution in [1.29, 1.82) is 0 Å². The molecule has 0 amide bonds. The summed E-state index contributed by atoms with van der Waals surface area (Å²) in [6.07, 6.45) is 3.88. The average molecular weight is 268 g/mol. The van der Waals surface area contributed by atoms with Crippen LogP contribution in [0.5, 0.6) is 0 Å². The van der Waals surface area contributed by atoms with Crippen molar-refractivity contribution >= 4 is 28.0 Å². The molecule has 0 aliphatic rings. The number of thiazole rings is 1. The Labute approximate surface area is 109 Å². The predicted octanol–water partition coefficient (Wildman–Crippen LogP) is 3.29. The van der Waals surface area contributed by atoms with Crippen molar-refractivity contribution in [2.45, 2.75) is 39.7 Å². The van der Waals surface area contributed by atoms with Gasteiger partial charge >= 0.3 is 0 Å². The van der Waals surface area contributed by atoms with Crippen molar-refractivity contribution in [2.75, 3.05) is 5.32 Å². The summed E-state index contributed by atoms with van der Waals surface area (Å²) in [6, 6.07) is 0.193. The van der Waals surface area contributed by atoms with E-state index in [9.17, 15) is 0 Å². The van der Waals surface area contributed by atoms with E-state index in [1.807, 2.05) is 6.20 Å². The number of rotatable bonds is 5. The molecule has 1 unspecified atom stereocenters. The van der Waals surface area contributed by atoms with E-state index in [2.05, 4.69) is 40.4 Å². The van der Waals surface area contributed by atoms with Crippen LogP contribution < -0.4 is 5.32 Å². The minimum Gasteiger partial charge on any atom is -0.351 e. The summed E-state index contributed by atoms with van der Waals surface area (Å²) in [4.78, 5) is 10.1. The molecule has 0 radical (unpaired) electrons. The first-order valence-electron chi connectivity index (χ1n) is 5.76. The Balaban J connectivity index is 2.02. The van der Waals surface area contributed by atoms with Gasteiger partial charge in [0.1, 0.15) is 10.8 Å². The van der Waals surface area contributed by atoms with Crippen LogP contribution in [0.2, 0.25) is 0 Å². The molecular weight excluding hydrogens is 252 g/mol. The maximum absolute atomic E-state index is 4.42. The second-order valence-electron chi connectivity index (χ2n) is 3.75. The molecule has 1 atom stereocenters. The van der Waals surface area contributed by atoms with Crippen LogP contribution in [0.15, 0.2) is 6.20 Å². The summed E-state index contributed by atoms with van der Waals surface area (Å²) in [7, 11) is 0. The van der Waals surface area contributed by atoms with Gasteiger partial charge in [-0.1, -0.05) is 13.8 Å². The van der Waals surface area contributed by atoms with Gasteiger partial charge < -0.3 is 5.32 Å². The maximum Gasteiger partial charge on any atom is 0.203 e. The van der Waals surface area contributed by atoms with Crippen molar-refractivity contribution in [3.8, 4) is 0 Å². The summed E-state index contributed by atoms with van der Waals surface area (Å²) in [6.45, 7) is 6.31. The number of anilines is 1. The molecule has 4 nitrogen and oxygen atoms in total. The van der Waals surface area contributed by atoms with Crippen molar-refractivity contribution in [1.82, 2.24) is 14.3 Å². The van der Waals surface area contributed by atoms with Gasteiger partial charge in [0.05, 0.1) is 6.04 Å². The van der Waals surface area contributed by atoms with Gasteiger partial charge in [0, 0.05) is 29.0 Å². The van der Waals surface area contributed by atoms with E-state index < -0.39 is 0 Å². The van der Waals surface area contributed by atoms with Crippen LogP contribution in [-0.2, 0) is 12.8 Å². The van der Waals surface area contributed by atoms with Crippen LogP contribution >= 0.6 is 22.9 Å². The van der Waals surface area contributed by atoms with Crippen LogP contribution in [0.1, 0.15) is 42.5 Å². The lowest BCUT2D eigenvalue weighted by molar-refractivity contribution is 0.862. The van der Waals surface area contributed by atoms with Gasteiger partial charge in [0.25, 0.3) is 0 Å². The molecule has 0 aliphatic heterocycles. The summed E-state index contributed by atoms with van der Waals surface area (Å²) >= 11 is 3.17. The highest BCUT2D eigenvalue weighted by molar-refractivity contribution is 7.11. The van der Waals surface area contributed by atoms with Gasteiger partial charge in [-0.05, 0) is 13.3 Å². The molecule has 0 aromatic carbocycles. The molecule has 0 bridgehead atoms. The van der Waals surface area contributed by atoms with Crippen LogP contribution in [0, 0.1) is 0 Å². The van der Waals surface area contributed by atoms with Gasteiger partial charge in [0.2, 0.25) is 5.13 Å². The van der Waals surface area contributed by atoms with E-state index >= 15 is 0 Å². The molecule has 2 aromatic rings. The fourth-order valence-electron chi connectivity index (χ4n) is 1.39. The molecule has 0 fully saturated rings. The van der Waals surface area contributed by atoms with Crippen molar-refractivity contribution in [3.63, 3.8) is 0 Å². The van der Waals surface area contributed by atoms with Gasteiger partial charge in [-0.3, -0.25) is 0 Å². The third-order valence-electron chi connectivity index (χ3n) is 2.41. The Hall–Kier alpha value is -1.01. The molecular formula is C11H16N4S2. The minimum atomic E-state index is 0.193. The van der Waals surface area contributed by atoms with Gasteiger partial charge in [0.15, 0.2) is 0 Å². The lowest BCUT2D eigenvalue weighted by Gasteiger charge is -2.08. The van der Waals surface area contributed by atoms with Gasteiger partial charge in [-0.15, -0.1) is 11.3 Å². The lowest BCUT2D eigenvalue weighted by Crippen LogP contribution is -2.05. The van der Waals surface area contributed by atoms with Crippen LogP contribution in [0.3, 0.4) is 0 Å². The van der Waals surface area contributed by atoms with Crippen LogP contribution in [0.25, 0.3) is 0 Å². The number of nitrogens with zero attached hydrogens (tertiary/aromatic N) is 3. The Bertz CT molecular complexity index is 477. The third-order valence-corrected chi connectivity index (χ3v) is 4.42. The summed E-state index contributed by atoms with van der Waals surface area (Å²) in [5, 5.41) is 5.33. The summed E-state index contributed by atoms with van der Waals surface area (Å²) in [5.41, 5.74) is 0. The number of aromatic nitrogens is 3. The fraction of sp³-hybridized carbons (Fsp3) is 0.545. The zero-order valence-electron chi connectivity index (χ0n) is 10.2. The number of hydrogen-bond donors (Lipinski definition) is 1. The standard InChI is InChI=1S/C11H16N4S2/c1-4-8-6-12-10(16-8)7(3)13-11-14-9(5-2)15-17-11/h6-7H,4-5H2,1-3H3,(H,13,14,15). The first-order valence-corrected chi connectivity index (χ1v) is 7.35. The lowest BCUT2D eigenvalue weighted by atomic mass is 10.4. The van der Waals surface area contributed by atoms with Crippen molar-refractivity contribution in [2.24, 2.45) is 0 Å². The Morgan fingerprint density at radius 1 is 1.35 bits per heavy atom. The zero-order valence-corrected chi connectivity index (χ0v) is 11.9. The van der Waals surface area contributed by atoms with E-state index in [0.717, 1.165) is 28.8 Å². The van der Waals surface area contributed by atoms with Crippen LogP contribution in [0.4, 0.5) is 5.13 Å². The molecule has 2 rings (SSSR count). The normalized spacial score (nSPS) is 12.6. The second-order valence-corrected chi connectivity index (χ2v) is 5.65. The minimum absolute atomic E-state index is 0.193. The van der Waals surface area contributed by atoms with Crippen LogP contribution in [-0.4, -0.2) is 14.3 Å². The first-order chi connectivity index (χ1) is 8.22. The quantitative estimate of drug-likeness (QED) is 0.904. The first kappa shape index (κ1) is 12.4. The van der Waals surface area contributed by atoms with E-state index in [0.29, 0.717) is 0 Å². The Kier molecular flexibility index (Phi) is 4.06. The Morgan fingerprint density at radius 2 is 2.18 bits per heavy atom. The zero-order chi connectivity index (χ0) is 12.3. The molecule has 1 N–H and O–H groups in total. The largest absolute Gasteiger partial charge is 0.351 e. The highest BCUT2D eigenvalue weighted by Gasteiger charge is 2.12. The number of hydrogen-bond acceptors (Lipinski definition) is 6. The average Bonchev–Trinajstić information content (AvgIpc) is 2.96. The second kappa shape index (κ2) is 5.55. The number of nitrogens with one attached hydrogen (secondary N) is 1. The fourth-order valence-corrected chi connectivity index (χ4v) is 2.99. The molecule has 0 aliphatic carbocycles. The summed E-state index contributed by atoms with van der Waals surface area (Å²) in [5.74, 6) is 0.901. The van der Waals surface area contributed by atoms with Gasteiger partial charge in [-0.2, -0.15) is 4.37 Å². The van der Waals surface area contributed by atoms with Gasteiger partial charge in [-0.25, -0.2) is 9.97 Å². The maximum atomic E-state index is 4.42. The topological polar surface area (TPSA) is 50.7 Å². The summed E-state index contributed by atoms with van der Waals surface area (Å²) < 4.78 is 4.25. The van der Waals surface area contributed by atoms with Crippen molar-refractivity contribution < 1.29 is 0 Å². The smallest absolute Gasteiger partial charge is 0.203 e. The van der Waals surface area contributed by atoms with E-state index in [1.165, 1.54) is 16.4 Å². The molecule has 0 saturated heterocycles. The van der Waals surface area contributed by atoms with Crippen molar-refractivity contribution in [3.05, 3.63) is 21.9 Å². The number of aryl methyl sites for hydroxylation is 2. The van der Waals surface area contributed by atoms with E-state index in [-0.39, 0.29) is 6.04 Å². The monoisotopic (exact) mass is 268 g/mol.